The topological polar surface area (TPSA) is 30.5 Å². The molecule has 17 heavy (non-hydrogen) atoms. The molecule has 0 bridgehead atoms. The largest absolute Gasteiger partial charge is 0.496 e. The summed E-state index contributed by atoms with van der Waals surface area (Å²) in [4.78, 5) is 0. The predicted molar refractivity (Wildman–Crippen MR) is 71.4 cm³/mol. The molecule has 0 saturated carbocycles. The van der Waals surface area contributed by atoms with Crippen molar-refractivity contribution in [1.82, 2.24) is 5.32 Å². The van der Waals surface area contributed by atoms with Gasteiger partial charge in [-0.05, 0) is 37.1 Å². The molecule has 1 heterocycles. The molecule has 0 spiro atoms. The number of methoxy groups -OCH3 is 2. The molecule has 3 nitrogen and oxygen atoms in total. The summed E-state index contributed by atoms with van der Waals surface area (Å²) in [7, 11) is 3.44. The molecule has 1 saturated heterocycles. The highest BCUT2D eigenvalue weighted by molar-refractivity contribution is 9.10. The van der Waals surface area contributed by atoms with Crippen molar-refractivity contribution < 1.29 is 9.47 Å². The van der Waals surface area contributed by atoms with E-state index in [1.807, 2.05) is 6.07 Å². The van der Waals surface area contributed by atoms with Gasteiger partial charge in [-0.3, -0.25) is 0 Å². The fourth-order valence-corrected chi connectivity index (χ4v) is 2.90. The van der Waals surface area contributed by atoms with Gasteiger partial charge in [-0.25, -0.2) is 0 Å². The van der Waals surface area contributed by atoms with Crippen molar-refractivity contribution >= 4 is 15.9 Å². The normalized spacial score (nSPS) is 19.6. The van der Waals surface area contributed by atoms with E-state index in [4.69, 9.17) is 9.47 Å². The van der Waals surface area contributed by atoms with Crippen molar-refractivity contribution in [3.05, 3.63) is 27.7 Å². The Bertz CT molecular complexity index is 389. The van der Waals surface area contributed by atoms with Crippen LogP contribution in [-0.4, -0.2) is 20.8 Å². The van der Waals surface area contributed by atoms with Gasteiger partial charge in [0.1, 0.15) is 5.75 Å². The second-order valence-electron chi connectivity index (χ2n) is 4.26. The maximum atomic E-state index is 5.50. The molecule has 94 valence electrons. The maximum Gasteiger partial charge on any atom is 0.125 e. The van der Waals surface area contributed by atoms with Gasteiger partial charge in [-0.15, -0.1) is 0 Å². The second-order valence-corrected chi connectivity index (χ2v) is 5.18. The Morgan fingerprint density at radius 3 is 2.82 bits per heavy atom. The smallest absolute Gasteiger partial charge is 0.125 e. The summed E-state index contributed by atoms with van der Waals surface area (Å²) >= 11 is 3.51. The van der Waals surface area contributed by atoms with Gasteiger partial charge in [0.25, 0.3) is 0 Å². The quantitative estimate of drug-likeness (QED) is 0.927. The van der Waals surface area contributed by atoms with Gasteiger partial charge in [0.2, 0.25) is 0 Å². The zero-order valence-electron chi connectivity index (χ0n) is 10.3. The van der Waals surface area contributed by atoms with Crippen LogP contribution in [0.2, 0.25) is 0 Å². The van der Waals surface area contributed by atoms with Gasteiger partial charge >= 0.3 is 0 Å². The standard InChI is InChI=1S/C13H18BrNO2/c1-16-8-9-6-10(14)7-12(17-2)13(9)11-4-3-5-15-11/h6-7,11,15H,3-5,8H2,1-2H3. The minimum atomic E-state index is 0.392. The Kier molecular flexibility index (Phi) is 4.42. The molecular weight excluding hydrogens is 282 g/mol. The lowest BCUT2D eigenvalue weighted by Gasteiger charge is -2.19. The van der Waals surface area contributed by atoms with Gasteiger partial charge in [-0.1, -0.05) is 15.9 Å². The van der Waals surface area contributed by atoms with Gasteiger partial charge < -0.3 is 14.8 Å². The molecule has 4 heteroatoms. The lowest BCUT2D eigenvalue weighted by atomic mass is 9.98. The molecule has 1 fully saturated rings. The summed E-state index contributed by atoms with van der Waals surface area (Å²) in [6.07, 6.45) is 2.38. The van der Waals surface area contributed by atoms with E-state index in [1.165, 1.54) is 17.5 Å². The fourth-order valence-electron chi connectivity index (χ4n) is 2.42. The molecule has 0 aromatic heterocycles. The third-order valence-electron chi connectivity index (χ3n) is 3.12. The van der Waals surface area contributed by atoms with Crippen LogP contribution in [0.15, 0.2) is 16.6 Å². The first kappa shape index (κ1) is 12.9. The highest BCUT2D eigenvalue weighted by atomic mass is 79.9. The first-order chi connectivity index (χ1) is 8.26. The lowest BCUT2D eigenvalue weighted by Crippen LogP contribution is -2.16. The fraction of sp³-hybridized carbons (Fsp3) is 0.538. The molecular formula is C13H18BrNO2. The minimum absolute atomic E-state index is 0.392. The summed E-state index contributed by atoms with van der Waals surface area (Å²) < 4.78 is 11.8. The van der Waals surface area contributed by atoms with Gasteiger partial charge in [0.15, 0.2) is 0 Å². The number of rotatable bonds is 4. The Hall–Kier alpha value is -0.580. The van der Waals surface area contributed by atoms with Crippen molar-refractivity contribution in [2.24, 2.45) is 0 Å². The van der Waals surface area contributed by atoms with Crippen LogP contribution in [0.3, 0.4) is 0 Å². The van der Waals surface area contributed by atoms with E-state index in [0.717, 1.165) is 23.2 Å². The SMILES string of the molecule is COCc1cc(Br)cc(OC)c1C1CCCN1. The Labute approximate surface area is 111 Å². The van der Waals surface area contributed by atoms with Crippen LogP contribution < -0.4 is 10.1 Å². The van der Waals surface area contributed by atoms with E-state index in [1.54, 1.807) is 14.2 Å². The summed E-state index contributed by atoms with van der Waals surface area (Å²) in [6, 6.07) is 4.53. The average molecular weight is 300 g/mol. The zero-order valence-corrected chi connectivity index (χ0v) is 11.8. The Morgan fingerprint density at radius 1 is 1.41 bits per heavy atom. The van der Waals surface area contributed by atoms with Gasteiger partial charge in [-0.2, -0.15) is 0 Å². The number of benzene rings is 1. The predicted octanol–water partition coefficient (Wildman–Crippen LogP) is 3.03. The van der Waals surface area contributed by atoms with Crippen molar-refractivity contribution in [3.8, 4) is 5.75 Å². The number of halogens is 1. The third-order valence-corrected chi connectivity index (χ3v) is 3.58. The first-order valence-corrected chi connectivity index (χ1v) is 6.64. The van der Waals surface area contributed by atoms with Crippen molar-refractivity contribution in [2.75, 3.05) is 20.8 Å². The van der Waals surface area contributed by atoms with Crippen LogP contribution in [-0.2, 0) is 11.3 Å². The molecule has 1 unspecified atom stereocenters. The van der Waals surface area contributed by atoms with E-state index in [-0.39, 0.29) is 0 Å². The van der Waals surface area contributed by atoms with Crippen LogP contribution >= 0.6 is 15.9 Å². The third kappa shape index (κ3) is 2.81. The van der Waals surface area contributed by atoms with Crippen LogP contribution in [0.5, 0.6) is 5.75 Å². The highest BCUT2D eigenvalue weighted by Gasteiger charge is 2.23. The average Bonchev–Trinajstić information content (AvgIpc) is 2.82. The van der Waals surface area contributed by atoms with E-state index in [9.17, 15) is 0 Å². The molecule has 1 aliphatic heterocycles. The van der Waals surface area contributed by atoms with E-state index < -0.39 is 0 Å². The van der Waals surface area contributed by atoms with Crippen LogP contribution in [0.4, 0.5) is 0 Å². The number of ether oxygens (including phenoxy) is 2. The molecule has 2 rings (SSSR count). The van der Waals surface area contributed by atoms with Crippen molar-refractivity contribution in [2.45, 2.75) is 25.5 Å². The summed E-state index contributed by atoms with van der Waals surface area (Å²) in [5.74, 6) is 0.936. The Balaban J connectivity index is 2.43. The first-order valence-electron chi connectivity index (χ1n) is 5.85. The Morgan fingerprint density at radius 2 is 2.24 bits per heavy atom. The molecule has 1 atom stereocenters. The molecule has 0 radical (unpaired) electrons. The molecule has 1 aromatic carbocycles. The van der Waals surface area contributed by atoms with Crippen LogP contribution in [0.25, 0.3) is 0 Å². The molecule has 0 aliphatic carbocycles. The lowest BCUT2D eigenvalue weighted by molar-refractivity contribution is 0.183. The van der Waals surface area contributed by atoms with E-state index in [0.29, 0.717) is 12.6 Å². The summed E-state index contributed by atoms with van der Waals surface area (Å²) in [6.45, 7) is 1.69. The second kappa shape index (κ2) is 5.85. The number of nitrogens with one attached hydrogen (secondary N) is 1. The minimum Gasteiger partial charge on any atom is -0.496 e. The van der Waals surface area contributed by atoms with Crippen LogP contribution in [0, 0.1) is 0 Å². The van der Waals surface area contributed by atoms with Gasteiger partial charge in [0.05, 0.1) is 13.7 Å². The molecule has 1 N–H and O–H groups in total. The number of hydrogen-bond acceptors (Lipinski definition) is 3. The monoisotopic (exact) mass is 299 g/mol. The molecule has 1 aromatic rings. The molecule has 1 aliphatic rings. The molecule has 0 amide bonds. The van der Waals surface area contributed by atoms with Crippen molar-refractivity contribution in [3.63, 3.8) is 0 Å². The van der Waals surface area contributed by atoms with E-state index in [2.05, 4.69) is 27.3 Å². The summed E-state index contributed by atoms with van der Waals surface area (Å²) in [5.41, 5.74) is 2.44. The maximum absolute atomic E-state index is 5.50. The van der Waals surface area contributed by atoms with Crippen molar-refractivity contribution in [1.29, 1.82) is 0 Å². The highest BCUT2D eigenvalue weighted by Crippen LogP contribution is 2.36. The zero-order chi connectivity index (χ0) is 12.3. The number of hydrogen-bond donors (Lipinski definition) is 1. The van der Waals surface area contributed by atoms with Gasteiger partial charge in [0, 0.05) is 23.2 Å². The van der Waals surface area contributed by atoms with Crippen LogP contribution in [0.1, 0.15) is 30.0 Å². The summed E-state index contributed by atoms with van der Waals surface area (Å²) in [5, 5.41) is 3.52. The van der Waals surface area contributed by atoms with E-state index >= 15 is 0 Å².